The van der Waals surface area contributed by atoms with Crippen molar-refractivity contribution in [2.75, 3.05) is 6.61 Å². The molecule has 0 aromatic carbocycles. The largest absolute Gasteiger partial charge is 0.395 e. The van der Waals surface area contributed by atoms with Crippen molar-refractivity contribution < 1.29 is 15.3 Å². The number of allylic oxidation sites excluding steroid dienone is 1. The molecule has 4 rings (SSSR count). The highest BCUT2D eigenvalue weighted by molar-refractivity contribution is 5.31. The number of rotatable bonds is 1. The Morgan fingerprint density at radius 2 is 1.78 bits per heavy atom. The Morgan fingerprint density at radius 3 is 2.52 bits per heavy atom. The van der Waals surface area contributed by atoms with Crippen molar-refractivity contribution in [1.82, 2.24) is 0 Å². The number of hydrogen-bond acceptors (Lipinski definition) is 3. The van der Waals surface area contributed by atoms with Gasteiger partial charge in [-0.05, 0) is 81.5 Å². The van der Waals surface area contributed by atoms with Crippen molar-refractivity contribution in [3.63, 3.8) is 0 Å². The van der Waals surface area contributed by atoms with E-state index in [1.807, 2.05) is 0 Å². The maximum Gasteiger partial charge on any atom is 0.0596 e. The summed E-state index contributed by atoms with van der Waals surface area (Å²) in [6.07, 6.45) is 7.59. The molecular weight excluding hydrogens is 288 g/mol. The maximum atomic E-state index is 10.5. The molecule has 130 valence electrons. The van der Waals surface area contributed by atoms with Gasteiger partial charge < -0.3 is 15.3 Å². The zero-order chi connectivity index (χ0) is 16.4. The molecule has 0 heterocycles. The highest BCUT2D eigenvalue weighted by Crippen LogP contribution is 2.65. The number of aliphatic hydroxyl groups excluding tert-OH is 3. The lowest BCUT2D eigenvalue weighted by Crippen LogP contribution is -2.54. The van der Waals surface area contributed by atoms with Gasteiger partial charge in [-0.25, -0.2) is 0 Å². The number of hydrogen-bond donors (Lipinski definition) is 3. The van der Waals surface area contributed by atoms with Crippen molar-refractivity contribution >= 4 is 0 Å². The van der Waals surface area contributed by atoms with Crippen LogP contribution in [0.1, 0.15) is 65.2 Å². The average molecular weight is 320 g/mol. The van der Waals surface area contributed by atoms with Crippen LogP contribution in [0.25, 0.3) is 0 Å². The Bertz CT molecular complexity index is 527. The molecule has 0 bridgehead atoms. The Labute approximate surface area is 139 Å². The summed E-state index contributed by atoms with van der Waals surface area (Å²) in [7, 11) is 0. The molecule has 23 heavy (non-hydrogen) atoms. The molecule has 0 aliphatic heterocycles. The predicted octanol–water partition coefficient (Wildman–Crippen LogP) is 3.03. The Balaban J connectivity index is 1.75. The van der Waals surface area contributed by atoms with E-state index in [2.05, 4.69) is 13.8 Å². The van der Waals surface area contributed by atoms with E-state index in [4.69, 9.17) is 0 Å². The van der Waals surface area contributed by atoms with Gasteiger partial charge >= 0.3 is 0 Å². The van der Waals surface area contributed by atoms with Crippen LogP contribution in [-0.2, 0) is 0 Å². The SMILES string of the molecule is CC1=C2CC(O)CC[C@]2(CO)[C@@H]2CC[C@]3(C)C(O)CC[C@H]3[C@@H]2C1. The fraction of sp³-hybridized carbons (Fsp3) is 0.900. The lowest BCUT2D eigenvalue weighted by atomic mass is 9.46. The van der Waals surface area contributed by atoms with Crippen molar-refractivity contribution in [3.05, 3.63) is 11.1 Å². The van der Waals surface area contributed by atoms with Crippen molar-refractivity contribution in [2.45, 2.75) is 77.4 Å². The van der Waals surface area contributed by atoms with Gasteiger partial charge in [-0.2, -0.15) is 0 Å². The molecule has 2 unspecified atom stereocenters. The summed E-state index contributed by atoms with van der Waals surface area (Å²) in [5.41, 5.74) is 2.80. The van der Waals surface area contributed by atoms with Crippen LogP contribution >= 0.6 is 0 Å². The fourth-order valence-electron chi connectivity index (χ4n) is 7.12. The molecule has 0 saturated heterocycles. The van der Waals surface area contributed by atoms with E-state index in [1.165, 1.54) is 11.1 Å². The van der Waals surface area contributed by atoms with Gasteiger partial charge in [0.05, 0.1) is 18.8 Å². The van der Waals surface area contributed by atoms with E-state index in [1.54, 1.807) is 0 Å². The summed E-state index contributed by atoms with van der Waals surface area (Å²) in [5, 5.41) is 31.1. The highest BCUT2D eigenvalue weighted by atomic mass is 16.3. The molecule has 3 fully saturated rings. The topological polar surface area (TPSA) is 60.7 Å². The Kier molecular flexibility index (Phi) is 3.72. The molecule has 4 aliphatic rings. The third-order valence-electron chi connectivity index (χ3n) is 8.40. The first-order valence-electron chi connectivity index (χ1n) is 9.58. The van der Waals surface area contributed by atoms with E-state index in [0.29, 0.717) is 17.8 Å². The average Bonchev–Trinajstić information content (AvgIpc) is 2.84. The summed E-state index contributed by atoms with van der Waals surface area (Å²) >= 11 is 0. The standard InChI is InChI=1S/C20H32O3/c1-12-9-14-15-3-4-18(23)19(15,2)7-6-16(14)20(11-21)8-5-13(22)10-17(12)20/h13-16,18,21-23H,3-11H2,1-2H3/t13?,14-,15-,16+,18?,19-,20-/m0/s1. The lowest BCUT2D eigenvalue weighted by molar-refractivity contribution is -0.0908. The third kappa shape index (κ3) is 2.06. The van der Waals surface area contributed by atoms with Crippen LogP contribution in [0.5, 0.6) is 0 Å². The zero-order valence-corrected chi connectivity index (χ0v) is 14.6. The summed E-state index contributed by atoms with van der Waals surface area (Å²) in [5.74, 6) is 1.75. The molecule has 7 atom stereocenters. The van der Waals surface area contributed by atoms with Crippen LogP contribution in [0.15, 0.2) is 11.1 Å². The minimum atomic E-state index is -0.224. The molecule has 3 N–H and O–H groups in total. The van der Waals surface area contributed by atoms with Gasteiger partial charge in [-0.15, -0.1) is 0 Å². The van der Waals surface area contributed by atoms with Gasteiger partial charge in [0.15, 0.2) is 0 Å². The van der Waals surface area contributed by atoms with Crippen molar-refractivity contribution in [2.24, 2.45) is 28.6 Å². The molecule has 3 nitrogen and oxygen atoms in total. The van der Waals surface area contributed by atoms with Gasteiger partial charge in [0.25, 0.3) is 0 Å². The fourth-order valence-corrected chi connectivity index (χ4v) is 7.12. The van der Waals surface area contributed by atoms with Crippen LogP contribution in [0.2, 0.25) is 0 Å². The number of aliphatic hydroxyl groups is 3. The summed E-state index contributed by atoms with van der Waals surface area (Å²) in [4.78, 5) is 0. The highest BCUT2D eigenvalue weighted by Gasteiger charge is 2.60. The minimum Gasteiger partial charge on any atom is -0.395 e. The lowest BCUT2D eigenvalue weighted by Gasteiger charge is -2.59. The molecule has 3 saturated carbocycles. The molecule has 0 spiro atoms. The van der Waals surface area contributed by atoms with Crippen LogP contribution in [-0.4, -0.2) is 34.1 Å². The van der Waals surface area contributed by atoms with Crippen LogP contribution in [0.3, 0.4) is 0 Å². The Morgan fingerprint density at radius 1 is 1.00 bits per heavy atom. The first-order chi connectivity index (χ1) is 10.9. The van der Waals surface area contributed by atoms with E-state index in [-0.39, 0.29) is 29.6 Å². The molecule has 0 radical (unpaired) electrons. The van der Waals surface area contributed by atoms with Crippen molar-refractivity contribution in [3.8, 4) is 0 Å². The van der Waals surface area contributed by atoms with Crippen LogP contribution in [0.4, 0.5) is 0 Å². The smallest absolute Gasteiger partial charge is 0.0596 e. The molecule has 0 aromatic heterocycles. The second-order valence-electron chi connectivity index (χ2n) is 9.19. The quantitative estimate of drug-likeness (QED) is 0.651. The number of fused-ring (bicyclic) bond motifs is 5. The van der Waals surface area contributed by atoms with Crippen LogP contribution in [0, 0.1) is 28.6 Å². The van der Waals surface area contributed by atoms with E-state index < -0.39 is 0 Å². The summed E-state index contributed by atoms with van der Waals surface area (Å²) in [6.45, 7) is 4.77. The first-order valence-corrected chi connectivity index (χ1v) is 9.58. The zero-order valence-electron chi connectivity index (χ0n) is 14.6. The summed E-state index contributed by atoms with van der Waals surface area (Å²) in [6, 6.07) is 0. The van der Waals surface area contributed by atoms with Gasteiger partial charge in [0.1, 0.15) is 0 Å². The molecule has 4 aliphatic carbocycles. The molecular formula is C20H32O3. The monoisotopic (exact) mass is 320 g/mol. The second kappa shape index (κ2) is 5.31. The Hall–Kier alpha value is -0.380. The van der Waals surface area contributed by atoms with E-state index >= 15 is 0 Å². The van der Waals surface area contributed by atoms with Gasteiger partial charge in [-0.1, -0.05) is 18.1 Å². The van der Waals surface area contributed by atoms with Gasteiger partial charge in [0, 0.05) is 5.41 Å². The predicted molar refractivity (Wildman–Crippen MR) is 89.7 cm³/mol. The third-order valence-corrected chi connectivity index (χ3v) is 8.40. The van der Waals surface area contributed by atoms with Crippen molar-refractivity contribution in [1.29, 1.82) is 0 Å². The maximum absolute atomic E-state index is 10.5. The first kappa shape index (κ1) is 16.1. The van der Waals surface area contributed by atoms with Crippen LogP contribution < -0.4 is 0 Å². The molecule has 3 heteroatoms. The molecule has 0 amide bonds. The van der Waals surface area contributed by atoms with E-state index in [9.17, 15) is 15.3 Å². The summed E-state index contributed by atoms with van der Waals surface area (Å²) < 4.78 is 0. The van der Waals surface area contributed by atoms with E-state index in [0.717, 1.165) is 51.4 Å². The minimum absolute atomic E-state index is 0.0822. The second-order valence-corrected chi connectivity index (χ2v) is 9.19. The normalized spacial score (nSPS) is 52.8. The van der Waals surface area contributed by atoms with Gasteiger partial charge in [-0.3, -0.25) is 0 Å². The van der Waals surface area contributed by atoms with Gasteiger partial charge in [0.2, 0.25) is 0 Å². The molecule has 0 aromatic rings.